The van der Waals surface area contributed by atoms with Gasteiger partial charge in [-0.15, -0.1) is 12.4 Å². The predicted octanol–water partition coefficient (Wildman–Crippen LogP) is 1.98. The molecule has 1 N–H and O–H groups in total. The molecule has 0 spiro atoms. The summed E-state index contributed by atoms with van der Waals surface area (Å²) in [5.41, 5.74) is 0. The van der Waals surface area contributed by atoms with Crippen molar-refractivity contribution >= 4 is 12.4 Å². The van der Waals surface area contributed by atoms with Crippen LogP contribution in [0.15, 0.2) is 0 Å². The van der Waals surface area contributed by atoms with E-state index in [1.54, 1.807) is 7.11 Å². The van der Waals surface area contributed by atoms with Crippen molar-refractivity contribution in [1.29, 1.82) is 0 Å². The Balaban J connectivity index is 0.00000121. The number of rotatable bonds is 4. The minimum atomic E-state index is 0. The van der Waals surface area contributed by atoms with Crippen molar-refractivity contribution in [1.82, 2.24) is 5.32 Å². The van der Waals surface area contributed by atoms with E-state index in [4.69, 9.17) is 4.74 Å². The van der Waals surface area contributed by atoms with E-state index >= 15 is 0 Å². The summed E-state index contributed by atoms with van der Waals surface area (Å²) in [6.45, 7) is 2.13. The first-order valence-corrected chi connectivity index (χ1v) is 4.66. The van der Waals surface area contributed by atoms with Crippen LogP contribution in [0.5, 0.6) is 0 Å². The molecular formula is C9H20ClNO. The Bertz CT molecular complexity index is 94.5. The highest BCUT2D eigenvalue weighted by Gasteiger charge is 2.10. The first-order chi connectivity index (χ1) is 5.43. The Morgan fingerprint density at radius 1 is 1.42 bits per heavy atom. The molecule has 0 aromatic carbocycles. The molecule has 1 heterocycles. The van der Waals surface area contributed by atoms with E-state index in [1.807, 2.05) is 0 Å². The standard InChI is InChI=1S/C9H19NO.ClH/c1-11-8-4-6-9-5-2-3-7-10-9;/h9-10H,2-8H2,1H3;1H. The number of methoxy groups -OCH3 is 1. The average Bonchev–Trinajstić information content (AvgIpc) is 2.07. The van der Waals surface area contributed by atoms with Gasteiger partial charge >= 0.3 is 0 Å². The van der Waals surface area contributed by atoms with Gasteiger partial charge in [0.2, 0.25) is 0 Å². The lowest BCUT2D eigenvalue weighted by molar-refractivity contribution is 0.186. The Morgan fingerprint density at radius 3 is 2.83 bits per heavy atom. The molecule has 1 unspecified atom stereocenters. The Morgan fingerprint density at radius 2 is 2.25 bits per heavy atom. The maximum Gasteiger partial charge on any atom is 0.0462 e. The van der Waals surface area contributed by atoms with Gasteiger partial charge in [-0.3, -0.25) is 0 Å². The van der Waals surface area contributed by atoms with Crippen molar-refractivity contribution in [3.63, 3.8) is 0 Å². The van der Waals surface area contributed by atoms with Crippen molar-refractivity contribution in [2.75, 3.05) is 20.3 Å². The molecule has 0 bridgehead atoms. The van der Waals surface area contributed by atoms with Crippen LogP contribution < -0.4 is 5.32 Å². The molecule has 12 heavy (non-hydrogen) atoms. The van der Waals surface area contributed by atoms with Gasteiger partial charge in [0.1, 0.15) is 0 Å². The fourth-order valence-corrected chi connectivity index (χ4v) is 1.64. The molecule has 1 saturated heterocycles. The number of halogens is 1. The van der Waals surface area contributed by atoms with Gasteiger partial charge in [-0.1, -0.05) is 6.42 Å². The normalized spacial score (nSPS) is 23.2. The van der Waals surface area contributed by atoms with Gasteiger partial charge in [0.05, 0.1) is 0 Å². The molecule has 1 rings (SSSR count). The summed E-state index contributed by atoms with van der Waals surface area (Å²) >= 11 is 0. The quantitative estimate of drug-likeness (QED) is 0.690. The molecule has 3 heteroatoms. The monoisotopic (exact) mass is 193 g/mol. The number of ether oxygens (including phenoxy) is 1. The Hall–Kier alpha value is 0.210. The minimum Gasteiger partial charge on any atom is -0.385 e. The zero-order chi connectivity index (χ0) is 7.94. The van der Waals surface area contributed by atoms with Gasteiger partial charge in [0.25, 0.3) is 0 Å². The van der Waals surface area contributed by atoms with Gasteiger partial charge in [-0.2, -0.15) is 0 Å². The molecule has 2 nitrogen and oxygen atoms in total. The highest BCUT2D eigenvalue weighted by molar-refractivity contribution is 5.85. The average molecular weight is 194 g/mol. The summed E-state index contributed by atoms with van der Waals surface area (Å²) in [5.74, 6) is 0. The zero-order valence-electron chi connectivity index (χ0n) is 7.84. The maximum absolute atomic E-state index is 5.01. The predicted molar refractivity (Wildman–Crippen MR) is 54.0 cm³/mol. The van der Waals surface area contributed by atoms with E-state index in [2.05, 4.69) is 5.32 Å². The second-order valence-electron chi connectivity index (χ2n) is 3.28. The van der Waals surface area contributed by atoms with Crippen molar-refractivity contribution in [3.8, 4) is 0 Å². The maximum atomic E-state index is 5.01. The van der Waals surface area contributed by atoms with Crippen LogP contribution in [0.25, 0.3) is 0 Å². The molecule has 0 radical (unpaired) electrons. The summed E-state index contributed by atoms with van der Waals surface area (Å²) < 4.78 is 5.01. The summed E-state index contributed by atoms with van der Waals surface area (Å²) in [7, 11) is 1.77. The summed E-state index contributed by atoms with van der Waals surface area (Å²) in [4.78, 5) is 0. The highest BCUT2D eigenvalue weighted by atomic mass is 35.5. The second-order valence-corrected chi connectivity index (χ2v) is 3.28. The molecule has 74 valence electrons. The summed E-state index contributed by atoms with van der Waals surface area (Å²) in [5, 5.41) is 3.52. The third-order valence-electron chi connectivity index (χ3n) is 2.31. The van der Waals surface area contributed by atoms with E-state index in [9.17, 15) is 0 Å². The molecule has 1 fully saturated rings. The lowest BCUT2D eigenvalue weighted by Crippen LogP contribution is -2.33. The first kappa shape index (κ1) is 12.2. The molecule has 0 aliphatic carbocycles. The van der Waals surface area contributed by atoms with Crippen LogP contribution >= 0.6 is 12.4 Å². The molecular weight excluding hydrogens is 174 g/mol. The molecule has 0 aromatic heterocycles. The number of piperidine rings is 1. The van der Waals surface area contributed by atoms with Crippen LogP contribution in [0.3, 0.4) is 0 Å². The lowest BCUT2D eigenvalue weighted by Gasteiger charge is -2.22. The fourth-order valence-electron chi connectivity index (χ4n) is 1.64. The van der Waals surface area contributed by atoms with Crippen LogP contribution in [-0.4, -0.2) is 26.3 Å². The van der Waals surface area contributed by atoms with Crippen molar-refractivity contribution in [3.05, 3.63) is 0 Å². The largest absolute Gasteiger partial charge is 0.385 e. The molecule has 0 aromatic rings. The SMILES string of the molecule is COCCCC1CCCCN1.Cl. The van der Waals surface area contributed by atoms with Crippen LogP contribution in [0.2, 0.25) is 0 Å². The van der Waals surface area contributed by atoms with Crippen LogP contribution in [0, 0.1) is 0 Å². The summed E-state index contributed by atoms with van der Waals surface area (Å²) in [6, 6.07) is 0.777. The highest BCUT2D eigenvalue weighted by Crippen LogP contribution is 2.11. The van der Waals surface area contributed by atoms with E-state index in [0.29, 0.717) is 0 Å². The number of nitrogens with one attached hydrogen (secondary N) is 1. The Labute approximate surface area is 81.5 Å². The van der Waals surface area contributed by atoms with Crippen molar-refractivity contribution in [2.24, 2.45) is 0 Å². The molecule has 1 aliphatic rings. The number of hydrogen-bond donors (Lipinski definition) is 1. The minimum absolute atomic E-state index is 0. The number of hydrogen-bond acceptors (Lipinski definition) is 2. The summed E-state index contributed by atoms with van der Waals surface area (Å²) in [6.07, 6.45) is 6.62. The van der Waals surface area contributed by atoms with Crippen LogP contribution in [0.4, 0.5) is 0 Å². The van der Waals surface area contributed by atoms with E-state index in [1.165, 1.54) is 38.6 Å². The van der Waals surface area contributed by atoms with Crippen LogP contribution in [-0.2, 0) is 4.74 Å². The Kier molecular flexibility index (Phi) is 7.98. The molecule has 0 amide bonds. The second kappa shape index (κ2) is 7.84. The lowest BCUT2D eigenvalue weighted by atomic mass is 10.0. The van der Waals surface area contributed by atoms with Crippen molar-refractivity contribution < 1.29 is 4.74 Å². The van der Waals surface area contributed by atoms with Gasteiger partial charge in [-0.25, -0.2) is 0 Å². The van der Waals surface area contributed by atoms with Crippen molar-refractivity contribution in [2.45, 2.75) is 38.1 Å². The third-order valence-corrected chi connectivity index (χ3v) is 2.31. The van der Waals surface area contributed by atoms with Gasteiger partial charge < -0.3 is 10.1 Å². The van der Waals surface area contributed by atoms with Crippen LogP contribution in [0.1, 0.15) is 32.1 Å². The molecule has 0 saturated carbocycles. The molecule has 1 atom stereocenters. The van der Waals surface area contributed by atoms with E-state index in [-0.39, 0.29) is 12.4 Å². The van der Waals surface area contributed by atoms with E-state index < -0.39 is 0 Å². The molecule has 1 aliphatic heterocycles. The smallest absolute Gasteiger partial charge is 0.0462 e. The van der Waals surface area contributed by atoms with E-state index in [0.717, 1.165) is 12.6 Å². The van der Waals surface area contributed by atoms with Gasteiger partial charge in [-0.05, 0) is 32.2 Å². The fraction of sp³-hybridized carbons (Fsp3) is 1.00. The van der Waals surface area contributed by atoms with Gasteiger partial charge in [0.15, 0.2) is 0 Å². The third kappa shape index (κ3) is 4.96. The van der Waals surface area contributed by atoms with Gasteiger partial charge in [0, 0.05) is 19.8 Å². The topological polar surface area (TPSA) is 21.3 Å². The zero-order valence-corrected chi connectivity index (χ0v) is 8.66. The first-order valence-electron chi connectivity index (χ1n) is 4.66.